The third-order valence-electron chi connectivity index (χ3n) is 4.34. The van der Waals surface area contributed by atoms with Crippen molar-refractivity contribution in [2.75, 3.05) is 27.3 Å². The Morgan fingerprint density at radius 3 is 2.35 bits per heavy atom. The molecule has 5 nitrogen and oxygen atoms in total. The maximum Gasteiger partial charge on any atom is 0.278 e. The molecule has 0 aliphatic rings. The molecule has 2 aromatic rings. The van der Waals surface area contributed by atoms with E-state index in [2.05, 4.69) is 5.32 Å². The van der Waals surface area contributed by atoms with E-state index in [1.54, 1.807) is 19.2 Å². The summed E-state index contributed by atoms with van der Waals surface area (Å²) < 4.78 is 23.6. The Labute approximate surface area is 153 Å². The molecule has 140 valence electrons. The van der Waals surface area contributed by atoms with Crippen molar-refractivity contribution in [2.45, 2.75) is 19.5 Å². The maximum atomic E-state index is 12.9. The minimum Gasteiger partial charge on any atom is -0.497 e. The van der Waals surface area contributed by atoms with Gasteiger partial charge in [0.2, 0.25) is 0 Å². The number of rotatable bonds is 9. The van der Waals surface area contributed by atoms with Crippen molar-refractivity contribution < 1.29 is 23.6 Å². The predicted octanol–water partition coefficient (Wildman–Crippen LogP) is 1.43. The molecule has 2 aromatic carbocycles. The van der Waals surface area contributed by atoms with Gasteiger partial charge in [0.15, 0.2) is 6.04 Å². The van der Waals surface area contributed by atoms with Crippen LogP contribution in [0.15, 0.2) is 48.5 Å². The second-order valence-electron chi connectivity index (χ2n) is 6.19. The van der Waals surface area contributed by atoms with Gasteiger partial charge in [-0.2, -0.15) is 0 Å². The Hall–Kier alpha value is -2.60. The summed E-state index contributed by atoms with van der Waals surface area (Å²) in [5.41, 5.74) is 1.02. The van der Waals surface area contributed by atoms with E-state index >= 15 is 0 Å². The lowest BCUT2D eigenvalue weighted by Crippen LogP contribution is -3.14. The highest BCUT2D eigenvalue weighted by atomic mass is 19.1. The number of quaternary nitrogens is 1. The van der Waals surface area contributed by atoms with Crippen LogP contribution in [0.2, 0.25) is 0 Å². The highest BCUT2D eigenvalue weighted by molar-refractivity contribution is 5.79. The van der Waals surface area contributed by atoms with E-state index in [1.165, 1.54) is 12.1 Å². The summed E-state index contributed by atoms with van der Waals surface area (Å²) in [5, 5.41) is 2.95. The Morgan fingerprint density at radius 2 is 1.73 bits per heavy atom. The normalized spacial score (nSPS) is 12.9. The summed E-state index contributed by atoms with van der Waals surface area (Å²) in [6.45, 7) is 3.48. The van der Waals surface area contributed by atoms with Gasteiger partial charge in [-0.3, -0.25) is 4.79 Å². The zero-order chi connectivity index (χ0) is 18.9. The number of halogens is 1. The summed E-state index contributed by atoms with van der Waals surface area (Å²) in [7, 11) is 3.57. The molecule has 0 spiro atoms. The molecule has 2 atom stereocenters. The van der Waals surface area contributed by atoms with Crippen molar-refractivity contribution in [1.29, 1.82) is 0 Å². The molecule has 0 saturated heterocycles. The Balaban J connectivity index is 1.72. The Kier molecular flexibility index (Phi) is 7.41. The van der Waals surface area contributed by atoms with Crippen LogP contribution in [0.5, 0.6) is 11.5 Å². The van der Waals surface area contributed by atoms with Crippen molar-refractivity contribution in [3.63, 3.8) is 0 Å². The number of carbonyl (C=O) groups is 1. The van der Waals surface area contributed by atoms with Crippen LogP contribution in [0, 0.1) is 5.82 Å². The molecule has 2 N–H and O–H groups in total. The van der Waals surface area contributed by atoms with Gasteiger partial charge in [0, 0.05) is 6.54 Å². The molecule has 0 aliphatic carbocycles. The number of ether oxygens (including phenoxy) is 2. The van der Waals surface area contributed by atoms with Crippen LogP contribution in [-0.4, -0.2) is 39.3 Å². The molecule has 0 bridgehead atoms. The maximum absolute atomic E-state index is 12.9. The molecule has 0 radical (unpaired) electrons. The van der Waals surface area contributed by atoms with Gasteiger partial charge in [-0.25, -0.2) is 4.39 Å². The van der Waals surface area contributed by atoms with E-state index in [0.29, 0.717) is 25.4 Å². The van der Waals surface area contributed by atoms with Crippen LogP contribution >= 0.6 is 0 Å². The third kappa shape index (κ3) is 6.04. The first-order valence-corrected chi connectivity index (χ1v) is 8.61. The van der Waals surface area contributed by atoms with E-state index in [-0.39, 0.29) is 17.8 Å². The van der Waals surface area contributed by atoms with E-state index in [0.717, 1.165) is 16.2 Å². The fourth-order valence-electron chi connectivity index (χ4n) is 2.39. The van der Waals surface area contributed by atoms with Crippen molar-refractivity contribution in [3.05, 3.63) is 59.9 Å². The van der Waals surface area contributed by atoms with Crippen molar-refractivity contribution in [1.82, 2.24) is 5.32 Å². The molecule has 0 aliphatic heterocycles. The quantitative estimate of drug-likeness (QED) is 0.711. The van der Waals surface area contributed by atoms with Crippen LogP contribution in [-0.2, 0) is 11.3 Å². The summed E-state index contributed by atoms with van der Waals surface area (Å²) in [6, 6.07) is 13.3. The average molecular weight is 361 g/mol. The van der Waals surface area contributed by atoms with Gasteiger partial charge in [0.25, 0.3) is 5.91 Å². The second kappa shape index (κ2) is 9.77. The molecule has 0 fully saturated rings. The lowest BCUT2D eigenvalue weighted by molar-refractivity contribution is -0.894. The number of amides is 1. The monoisotopic (exact) mass is 361 g/mol. The van der Waals surface area contributed by atoms with Gasteiger partial charge in [-0.05, 0) is 48.9 Å². The molecule has 1 unspecified atom stereocenters. The van der Waals surface area contributed by atoms with E-state index in [4.69, 9.17) is 9.47 Å². The number of hydrogen-bond acceptors (Lipinski definition) is 3. The average Bonchev–Trinajstić information content (AvgIpc) is 2.67. The summed E-state index contributed by atoms with van der Waals surface area (Å²) in [5.74, 6) is 1.11. The van der Waals surface area contributed by atoms with Crippen LogP contribution in [0.25, 0.3) is 0 Å². The lowest BCUT2D eigenvalue weighted by Gasteiger charge is -2.21. The zero-order valence-corrected chi connectivity index (χ0v) is 15.4. The van der Waals surface area contributed by atoms with Gasteiger partial charge < -0.3 is 19.7 Å². The van der Waals surface area contributed by atoms with Crippen molar-refractivity contribution >= 4 is 5.91 Å². The largest absolute Gasteiger partial charge is 0.497 e. The molecular formula is C20H26FN2O3+. The number of carbonyl (C=O) groups excluding carboxylic acids is 1. The number of nitrogens with one attached hydrogen (secondary N) is 2. The number of methoxy groups -OCH3 is 1. The molecule has 0 heterocycles. The first kappa shape index (κ1) is 19.7. The molecule has 0 aromatic heterocycles. The van der Waals surface area contributed by atoms with Gasteiger partial charge in [-0.1, -0.05) is 12.1 Å². The van der Waals surface area contributed by atoms with E-state index < -0.39 is 0 Å². The molecule has 6 heteroatoms. The Bertz CT molecular complexity index is 689. The molecule has 26 heavy (non-hydrogen) atoms. The lowest BCUT2D eigenvalue weighted by atomic mass is 10.2. The van der Waals surface area contributed by atoms with Gasteiger partial charge >= 0.3 is 0 Å². The SMILES string of the molecule is COc1ccc(CNC(=O)[C@H](C)[NH+](C)CCOc2ccc(F)cc2)cc1. The number of benzene rings is 2. The summed E-state index contributed by atoms with van der Waals surface area (Å²) in [4.78, 5) is 13.4. The van der Waals surface area contributed by atoms with Gasteiger partial charge in [0.05, 0.1) is 14.2 Å². The first-order valence-electron chi connectivity index (χ1n) is 8.61. The smallest absolute Gasteiger partial charge is 0.278 e. The Morgan fingerprint density at radius 1 is 1.12 bits per heavy atom. The first-order chi connectivity index (χ1) is 12.5. The summed E-state index contributed by atoms with van der Waals surface area (Å²) >= 11 is 0. The van der Waals surface area contributed by atoms with Crippen molar-refractivity contribution in [2.24, 2.45) is 0 Å². The van der Waals surface area contributed by atoms with E-state index in [1.807, 2.05) is 38.2 Å². The van der Waals surface area contributed by atoms with Crippen LogP contribution < -0.4 is 19.7 Å². The van der Waals surface area contributed by atoms with E-state index in [9.17, 15) is 9.18 Å². The minimum atomic E-state index is -0.290. The molecule has 1 amide bonds. The second-order valence-corrected chi connectivity index (χ2v) is 6.19. The standard InChI is InChI=1S/C20H25FN2O3/c1-15(20(24)22-14-16-4-8-18(25-3)9-5-16)23(2)12-13-26-19-10-6-17(21)7-11-19/h4-11,15H,12-14H2,1-3H3,(H,22,24)/p+1/t15-/m0/s1. The number of hydrogen-bond donors (Lipinski definition) is 2. The molecule has 2 rings (SSSR count). The van der Waals surface area contributed by atoms with Crippen LogP contribution in [0.4, 0.5) is 4.39 Å². The molecular weight excluding hydrogens is 335 g/mol. The fraction of sp³-hybridized carbons (Fsp3) is 0.350. The topological polar surface area (TPSA) is 52.0 Å². The van der Waals surface area contributed by atoms with Gasteiger partial charge in [0.1, 0.15) is 30.5 Å². The zero-order valence-electron chi connectivity index (χ0n) is 15.4. The highest BCUT2D eigenvalue weighted by Crippen LogP contribution is 2.11. The minimum absolute atomic E-state index is 0.0138. The molecule has 0 saturated carbocycles. The number of likely N-dealkylation sites (N-methyl/N-ethyl adjacent to an activating group) is 1. The van der Waals surface area contributed by atoms with Crippen molar-refractivity contribution in [3.8, 4) is 11.5 Å². The fourth-order valence-corrected chi connectivity index (χ4v) is 2.39. The van der Waals surface area contributed by atoms with Crippen LogP contribution in [0.3, 0.4) is 0 Å². The highest BCUT2D eigenvalue weighted by Gasteiger charge is 2.21. The predicted molar refractivity (Wildman–Crippen MR) is 98.0 cm³/mol. The summed E-state index contributed by atoms with van der Waals surface area (Å²) in [6.07, 6.45) is 0. The third-order valence-corrected chi connectivity index (χ3v) is 4.34. The van der Waals surface area contributed by atoms with Gasteiger partial charge in [-0.15, -0.1) is 0 Å². The van der Waals surface area contributed by atoms with Crippen LogP contribution in [0.1, 0.15) is 12.5 Å².